The molecule has 1 fully saturated rings. The number of aliphatic hydroxyl groups is 1. The van der Waals surface area contributed by atoms with E-state index in [0.717, 1.165) is 38.9 Å². The first-order valence-electron chi connectivity index (χ1n) is 18.4. The van der Waals surface area contributed by atoms with Crippen LogP contribution in [0.5, 0.6) is 5.75 Å². The normalized spacial score (nSPS) is 19.1. The van der Waals surface area contributed by atoms with Crippen molar-refractivity contribution in [3.63, 3.8) is 0 Å². The van der Waals surface area contributed by atoms with Gasteiger partial charge >= 0.3 is 11.8 Å². The summed E-state index contributed by atoms with van der Waals surface area (Å²) in [5.41, 5.74) is 4.12. The van der Waals surface area contributed by atoms with Crippen LogP contribution in [0.25, 0.3) is 11.1 Å². The second-order valence-corrected chi connectivity index (χ2v) is 13.8. The quantitative estimate of drug-likeness (QED) is 0.117. The van der Waals surface area contributed by atoms with Gasteiger partial charge in [-0.15, -0.1) is 0 Å². The number of hydrogen-bond acceptors (Lipinski definition) is 9. The molecule has 2 aliphatic rings. The number of H-pyrrole nitrogens is 1. The van der Waals surface area contributed by atoms with E-state index in [-0.39, 0.29) is 25.7 Å². The number of benzene rings is 5. The summed E-state index contributed by atoms with van der Waals surface area (Å²) in [5, 5.41) is 12.0. The first kappa shape index (κ1) is 36.7. The van der Waals surface area contributed by atoms with Crippen molar-refractivity contribution in [3.05, 3.63) is 194 Å². The third-order valence-corrected chi connectivity index (χ3v) is 10.7. The average Bonchev–Trinajstić information content (AvgIpc) is 3.56. The van der Waals surface area contributed by atoms with E-state index in [1.54, 1.807) is 7.11 Å². The molecular formula is C45H40N2O9. The van der Waals surface area contributed by atoms with Gasteiger partial charge < -0.3 is 28.8 Å². The van der Waals surface area contributed by atoms with E-state index in [2.05, 4.69) is 4.98 Å². The van der Waals surface area contributed by atoms with Crippen LogP contribution in [0.4, 0.5) is 4.79 Å². The predicted octanol–water partition coefficient (Wildman–Crippen LogP) is 6.19. The molecule has 11 nitrogen and oxygen atoms in total. The van der Waals surface area contributed by atoms with E-state index in [1.807, 2.05) is 133 Å². The zero-order chi connectivity index (χ0) is 38.6. The van der Waals surface area contributed by atoms with Crippen LogP contribution < -0.4 is 16.0 Å². The topological polar surface area (TPSA) is 138 Å². The first-order valence-corrected chi connectivity index (χ1v) is 18.4. The van der Waals surface area contributed by atoms with Gasteiger partial charge in [-0.05, 0) is 51.1 Å². The monoisotopic (exact) mass is 752 g/mol. The lowest BCUT2D eigenvalue weighted by Crippen LogP contribution is -2.56. The third kappa shape index (κ3) is 6.92. The van der Waals surface area contributed by atoms with Crippen molar-refractivity contribution in [3.8, 4) is 16.9 Å². The van der Waals surface area contributed by atoms with Gasteiger partial charge in [0, 0.05) is 18.2 Å². The molecule has 56 heavy (non-hydrogen) atoms. The summed E-state index contributed by atoms with van der Waals surface area (Å²) in [6.45, 7) is -0.333. The molecule has 284 valence electrons. The Hall–Kier alpha value is -6.27. The van der Waals surface area contributed by atoms with E-state index in [9.17, 15) is 19.5 Å². The molecular weight excluding hydrogens is 712 g/mol. The number of aromatic nitrogens is 2. The molecule has 0 unspecified atom stereocenters. The van der Waals surface area contributed by atoms with Crippen molar-refractivity contribution in [2.24, 2.45) is 0 Å². The lowest BCUT2D eigenvalue weighted by atomic mass is 9.80. The molecule has 0 saturated carbocycles. The molecule has 0 bridgehead atoms. The summed E-state index contributed by atoms with van der Waals surface area (Å²) in [6.07, 6.45) is -3.59. The van der Waals surface area contributed by atoms with Crippen LogP contribution in [0, 0.1) is 0 Å². The molecule has 6 aromatic rings. The number of rotatable bonds is 11. The zero-order valence-corrected chi connectivity index (χ0v) is 30.5. The van der Waals surface area contributed by atoms with Crippen LogP contribution >= 0.6 is 0 Å². The molecule has 1 saturated heterocycles. The summed E-state index contributed by atoms with van der Waals surface area (Å²) < 4.78 is 31.5. The average molecular weight is 753 g/mol. The fraction of sp³-hybridized carbons (Fsp3) is 0.222. The smallest absolute Gasteiger partial charge is 0.497 e. The van der Waals surface area contributed by atoms with Crippen LogP contribution in [0.1, 0.15) is 39.8 Å². The van der Waals surface area contributed by atoms with E-state index < -0.39 is 47.4 Å². The minimum Gasteiger partial charge on any atom is -0.497 e. The molecule has 1 aromatic heterocycles. The number of nitrogens with one attached hydrogen (secondary N) is 1. The number of fused-ring (bicyclic) bond motifs is 3. The standard InChI is InChI=1S/C45H40N2O9/c1-52-32-22-20-31(21-23-32)45(29-12-4-2-5-13-29,30-14-6-3-7-15-30)55-28-39-41(49)42(38(27-53-39)47-25-24-40(48)46-43(47)50)56-44(51)54-26-37-35-18-10-8-16-33(35)34-17-9-11-19-36(34)37/h2-25,37-39,41-42,49H,26-28H2,1H3,(H,46,48,50)/t38-,39-,41-,42+/m1/s1. The van der Waals surface area contributed by atoms with Crippen LogP contribution in [0.2, 0.25) is 0 Å². The highest BCUT2D eigenvalue weighted by Crippen LogP contribution is 2.45. The van der Waals surface area contributed by atoms with E-state index in [1.165, 1.54) is 16.8 Å². The second-order valence-electron chi connectivity index (χ2n) is 13.8. The molecule has 0 radical (unpaired) electrons. The summed E-state index contributed by atoms with van der Waals surface area (Å²) in [5.74, 6) is 0.446. The Labute approximate surface area is 322 Å². The Morgan fingerprint density at radius 2 is 1.34 bits per heavy atom. The van der Waals surface area contributed by atoms with Crippen molar-refractivity contribution in [2.75, 3.05) is 26.9 Å². The molecule has 5 aromatic carbocycles. The number of carbonyl (C=O) groups is 1. The fourth-order valence-electron chi connectivity index (χ4n) is 7.94. The van der Waals surface area contributed by atoms with Gasteiger partial charge in [-0.2, -0.15) is 0 Å². The molecule has 8 rings (SSSR count). The van der Waals surface area contributed by atoms with Crippen LogP contribution in [0.15, 0.2) is 155 Å². The van der Waals surface area contributed by atoms with Gasteiger partial charge in [-0.1, -0.05) is 121 Å². The van der Waals surface area contributed by atoms with Crippen LogP contribution in [-0.2, 0) is 24.5 Å². The summed E-state index contributed by atoms with van der Waals surface area (Å²) in [4.78, 5) is 40.8. The van der Waals surface area contributed by atoms with Crippen molar-refractivity contribution >= 4 is 6.16 Å². The maximum Gasteiger partial charge on any atom is 0.508 e. The predicted molar refractivity (Wildman–Crippen MR) is 208 cm³/mol. The van der Waals surface area contributed by atoms with Crippen molar-refractivity contribution < 1.29 is 33.6 Å². The maximum absolute atomic E-state index is 13.6. The second kappa shape index (κ2) is 15.8. The van der Waals surface area contributed by atoms with Crippen molar-refractivity contribution in [1.29, 1.82) is 0 Å². The molecule has 2 N–H and O–H groups in total. The molecule has 1 aliphatic carbocycles. The third-order valence-electron chi connectivity index (χ3n) is 10.7. The highest BCUT2D eigenvalue weighted by atomic mass is 16.7. The Bertz CT molecular complexity index is 2330. The van der Waals surface area contributed by atoms with E-state index in [4.69, 9.17) is 23.7 Å². The number of ether oxygens (including phenoxy) is 5. The number of methoxy groups -OCH3 is 1. The number of hydrogen-bond donors (Lipinski definition) is 2. The maximum atomic E-state index is 13.6. The van der Waals surface area contributed by atoms with Gasteiger partial charge in [0.05, 0.1) is 20.3 Å². The van der Waals surface area contributed by atoms with Crippen LogP contribution in [-0.4, -0.2) is 66.1 Å². The molecule has 1 aliphatic heterocycles. The van der Waals surface area contributed by atoms with Crippen molar-refractivity contribution in [2.45, 2.75) is 35.9 Å². The molecule has 11 heteroatoms. The lowest BCUT2D eigenvalue weighted by Gasteiger charge is -2.42. The number of aromatic amines is 1. The molecule has 2 heterocycles. The van der Waals surface area contributed by atoms with Gasteiger partial charge in [0.1, 0.15) is 36.2 Å². The summed E-state index contributed by atoms with van der Waals surface area (Å²) in [7, 11) is 1.60. The number of nitrogens with zero attached hydrogens (tertiary/aromatic N) is 1. The Balaban J connectivity index is 1.09. The van der Waals surface area contributed by atoms with Gasteiger partial charge in [0.15, 0.2) is 6.10 Å². The number of aliphatic hydroxyl groups excluding tert-OH is 1. The minimum absolute atomic E-state index is 0.0134. The van der Waals surface area contributed by atoms with Gasteiger partial charge in [-0.3, -0.25) is 14.3 Å². The molecule has 0 spiro atoms. The van der Waals surface area contributed by atoms with Crippen LogP contribution in [0.3, 0.4) is 0 Å². The Kier molecular flexibility index (Phi) is 10.4. The highest BCUT2D eigenvalue weighted by Gasteiger charge is 2.46. The first-order chi connectivity index (χ1) is 27.4. The molecule has 0 amide bonds. The largest absolute Gasteiger partial charge is 0.508 e. The zero-order valence-electron chi connectivity index (χ0n) is 30.5. The highest BCUT2D eigenvalue weighted by molar-refractivity contribution is 5.79. The Morgan fingerprint density at radius 3 is 1.93 bits per heavy atom. The van der Waals surface area contributed by atoms with Gasteiger partial charge in [0.2, 0.25) is 0 Å². The van der Waals surface area contributed by atoms with E-state index in [0.29, 0.717) is 5.75 Å². The van der Waals surface area contributed by atoms with E-state index >= 15 is 0 Å². The minimum atomic E-state index is -1.49. The fourth-order valence-corrected chi connectivity index (χ4v) is 7.94. The summed E-state index contributed by atoms with van der Waals surface area (Å²) >= 11 is 0. The number of carbonyl (C=O) groups excluding carboxylic acids is 1. The Morgan fingerprint density at radius 1 is 0.768 bits per heavy atom. The lowest BCUT2D eigenvalue weighted by molar-refractivity contribution is -0.190. The van der Waals surface area contributed by atoms with Gasteiger partial charge in [0.25, 0.3) is 5.56 Å². The molecule has 4 atom stereocenters. The van der Waals surface area contributed by atoms with Gasteiger partial charge in [-0.25, -0.2) is 9.59 Å². The van der Waals surface area contributed by atoms with Crippen molar-refractivity contribution in [1.82, 2.24) is 9.55 Å². The SMILES string of the molecule is COc1ccc(C(OC[C@H]2OC[C@@H](n3ccc(=O)[nH]c3=O)[C@H](OC(=O)OCC3c4ccccc4-c4ccccc43)[C@@H]2O)(c2ccccc2)c2ccccc2)cc1. The summed E-state index contributed by atoms with van der Waals surface area (Å²) in [6, 6.07) is 43.1.